The Morgan fingerprint density at radius 1 is 1.05 bits per heavy atom. The molecule has 0 spiro atoms. The molecule has 0 radical (unpaired) electrons. The van der Waals surface area contributed by atoms with E-state index in [1.54, 1.807) is 7.11 Å². The summed E-state index contributed by atoms with van der Waals surface area (Å²) in [6.07, 6.45) is -0.468. The lowest BCUT2D eigenvalue weighted by atomic mass is 10.0. The van der Waals surface area contributed by atoms with Crippen molar-refractivity contribution in [1.29, 1.82) is 0 Å². The van der Waals surface area contributed by atoms with E-state index >= 15 is 0 Å². The van der Waals surface area contributed by atoms with Crippen LogP contribution in [0.3, 0.4) is 0 Å². The molecule has 2 rings (SSSR count). The number of hydrogen-bond acceptors (Lipinski definition) is 3. The van der Waals surface area contributed by atoms with Gasteiger partial charge in [0, 0.05) is 13.1 Å². The molecule has 0 aromatic heterocycles. The zero-order chi connectivity index (χ0) is 15.9. The predicted octanol–water partition coefficient (Wildman–Crippen LogP) is 3.43. The maximum atomic E-state index is 10.3. The summed E-state index contributed by atoms with van der Waals surface area (Å²) in [5.41, 5.74) is 3.38. The van der Waals surface area contributed by atoms with Crippen LogP contribution in [-0.2, 0) is 0 Å². The van der Waals surface area contributed by atoms with E-state index in [-0.39, 0.29) is 0 Å². The van der Waals surface area contributed by atoms with Crippen LogP contribution in [-0.4, -0.2) is 25.3 Å². The number of rotatable bonds is 7. The van der Waals surface area contributed by atoms with Crippen molar-refractivity contribution in [3.8, 4) is 5.75 Å². The molecule has 0 aliphatic heterocycles. The van der Waals surface area contributed by atoms with Crippen molar-refractivity contribution < 1.29 is 9.84 Å². The number of methoxy groups -OCH3 is 1. The second kappa shape index (κ2) is 7.97. The summed E-state index contributed by atoms with van der Waals surface area (Å²) in [5.74, 6) is 1.26. The third-order valence-electron chi connectivity index (χ3n) is 4.02. The van der Waals surface area contributed by atoms with E-state index < -0.39 is 6.10 Å². The molecule has 2 N–H and O–H groups in total. The normalized spacial score (nSPS) is 13.6. The van der Waals surface area contributed by atoms with Gasteiger partial charge in [-0.3, -0.25) is 0 Å². The second-order valence-electron chi connectivity index (χ2n) is 5.70. The highest BCUT2D eigenvalue weighted by Crippen LogP contribution is 2.19. The number of aliphatic hydroxyl groups is 1. The molecule has 2 unspecified atom stereocenters. The Hall–Kier alpha value is -1.84. The van der Waals surface area contributed by atoms with Crippen molar-refractivity contribution >= 4 is 0 Å². The molecule has 0 saturated carbocycles. The molecule has 0 bridgehead atoms. The average molecular weight is 299 g/mol. The Morgan fingerprint density at radius 2 is 1.73 bits per heavy atom. The van der Waals surface area contributed by atoms with Crippen molar-refractivity contribution in [2.45, 2.75) is 25.9 Å². The summed E-state index contributed by atoms with van der Waals surface area (Å²) in [4.78, 5) is 0. The molecule has 0 amide bonds. The Kier molecular flexibility index (Phi) is 5.99. The molecule has 3 heteroatoms. The van der Waals surface area contributed by atoms with Crippen LogP contribution in [0, 0.1) is 6.92 Å². The molecule has 0 aliphatic carbocycles. The number of aliphatic hydroxyl groups excluding tert-OH is 1. The fourth-order valence-electron chi connectivity index (χ4n) is 2.56. The van der Waals surface area contributed by atoms with Crippen LogP contribution < -0.4 is 10.1 Å². The van der Waals surface area contributed by atoms with Crippen LogP contribution in [0.5, 0.6) is 5.75 Å². The van der Waals surface area contributed by atoms with Gasteiger partial charge in [0.1, 0.15) is 5.75 Å². The number of ether oxygens (including phenoxy) is 1. The molecular weight excluding hydrogens is 274 g/mol. The Labute approximate surface area is 133 Å². The summed E-state index contributed by atoms with van der Waals surface area (Å²) in [6.45, 7) is 5.59. The quantitative estimate of drug-likeness (QED) is 0.823. The van der Waals surface area contributed by atoms with Gasteiger partial charge >= 0.3 is 0 Å². The monoisotopic (exact) mass is 299 g/mol. The van der Waals surface area contributed by atoms with Gasteiger partial charge in [0.15, 0.2) is 0 Å². The van der Waals surface area contributed by atoms with Gasteiger partial charge in [-0.1, -0.05) is 43.3 Å². The van der Waals surface area contributed by atoms with Gasteiger partial charge in [-0.2, -0.15) is 0 Å². The number of benzene rings is 2. The molecule has 0 saturated heterocycles. The van der Waals surface area contributed by atoms with E-state index in [0.29, 0.717) is 12.5 Å². The Balaban J connectivity index is 1.83. The molecule has 3 nitrogen and oxygen atoms in total. The minimum absolute atomic E-state index is 0.384. The number of hydrogen-bond donors (Lipinski definition) is 2. The molecule has 2 atom stereocenters. The van der Waals surface area contributed by atoms with Gasteiger partial charge in [0.25, 0.3) is 0 Å². The average Bonchev–Trinajstić information content (AvgIpc) is 2.55. The highest BCUT2D eigenvalue weighted by Gasteiger charge is 2.11. The Morgan fingerprint density at radius 3 is 2.36 bits per heavy atom. The zero-order valence-electron chi connectivity index (χ0n) is 13.5. The topological polar surface area (TPSA) is 41.5 Å². The van der Waals surface area contributed by atoms with Crippen LogP contribution >= 0.6 is 0 Å². The van der Waals surface area contributed by atoms with Crippen molar-refractivity contribution in [2.24, 2.45) is 0 Å². The smallest absolute Gasteiger partial charge is 0.118 e. The first kappa shape index (κ1) is 16.5. The maximum absolute atomic E-state index is 10.3. The summed E-state index contributed by atoms with van der Waals surface area (Å²) < 4.78 is 5.17. The van der Waals surface area contributed by atoms with Crippen LogP contribution in [0.15, 0.2) is 48.5 Å². The van der Waals surface area contributed by atoms with Crippen molar-refractivity contribution in [2.75, 3.05) is 20.2 Å². The zero-order valence-corrected chi connectivity index (χ0v) is 13.5. The van der Waals surface area contributed by atoms with Gasteiger partial charge < -0.3 is 15.2 Å². The molecule has 0 heterocycles. The van der Waals surface area contributed by atoms with Gasteiger partial charge in [-0.05, 0) is 41.7 Å². The minimum atomic E-state index is -0.468. The summed E-state index contributed by atoms with van der Waals surface area (Å²) >= 11 is 0. The van der Waals surface area contributed by atoms with Gasteiger partial charge in [-0.15, -0.1) is 0 Å². The van der Waals surface area contributed by atoms with Gasteiger partial charge in [-0.25, -0.2) is 0 Å². The lowest BCUT2D eigenvalue weighted by molar-refractivity contribution is 0.173. The van der Waals surface area contributed by atoms with Crippen molar-refractivity contribution in [1.82, 2.24) is 5.32 Å². The van der Waals surface area contributed by atoms with Gasteiger partial charge in [0.05, 0.1) is 13.2 Å². The maximum Gasteiger partial charge on any atom is 0.118 e. The first-order chi connectivity index (χ1) is 10.6. The van der Waals surface area contributed by atoms with E-state index in [2.05, 4.69) is 24.4 Å². The predicted molar refractivity (Wildman–Crippen MR) is 90.4 cm³/mol. The van der Waals surface area contributed by atoms with Gasteiger partial charge in [0.2, 0.25) is 0 Å². The first-order valence-corrected chi connectivity index (χ1v) is 7.70. The summed E-state index contributed by atoms with van der Waals surface area (Å²) in [5, 5.41) is 13.6. The Bertz CT molecular complexity index is 580. The SMILES string of the molecule is COc1ccc(C(C)CNCC(O)c2ccccc2C)cc1. The molecular formula is C19H25NO2. The number of aryl methyl sites for hydroxylation is 1. The van der Waals surface area contributed by atoms with E-state index in [9.17, 15) is 5.11 Å². The lowest BCUT2D eigenvalue weighted by Crippen LogP contribution is -2.25. The second-order valence-corrected chi connectivity index (χ2v) is 5.70. The lowest BCUT2D eigenvalue weighted by Gasteiger charge is -2.17. The molecule has 0 aliphatic rings. The van der Waals surface area contributed by atoms with Crippen LogP contribution in [0.1, 0.15) is 35.6 Å². The summed E-state index contributed by atoms with van der Waals surface area (Å²) in [6, 6.07) is 16.1. The summed E-state index contributed by atoms with van der Waals surface area (Å²) in [7, 11) is 1.67. The fourth-order valence-corrected chi connectivity index (χ4v) is 2.56. The van der Waals surface area contributed by atoms with Crippen molar-refractivity contribution in [3.05, 3.63) is 65.2 Å². The van der Waals surface area contributed by atoms with E-state index in [0.717, 1.165) is 23.4 Å². The van der Waals surface area contributed by atoms with E-state index in [1.165, 1.54) is 5.56 Å². The standard InChI is InChI=1S/C19H25NO2/c1-14-6-4-5-7-18(14)19(21)13-20-12-15(2)16-8-10-17(22-3)11-9-16/h4-11,15,19-21H,12-13H2,1-3H3. The largest absolute Gasteiger partial charge is 0.497 e. The molecule has 2 aromatic rings. The number of nitrogens with one attached hydrogen (secondary N) is 1. The van der Waals surface area contributed by atoms with Crippen molar-refractivity contribution in [3.63, 3.8) is 0 Å². The first-order valence-electron chi connectivity index (χ1n) is 7.70. The van der Waals surface area contributed by atoms with Crippen LogP contribution in [0.25, 0.3) is 0 Å². The third kappa shape index (κ3) is 4.33. The molecule has 0 fully saturated rings. The minimum Gasteiger partial charge on any atom is -0.497 e. The van der Waals surface area contributed by atoms with E-state index in [1.807, 2.05) is 43.3 Å². The van der Waals surface area contributed by atoms with Crippen LogP contribution in [0.4, 0.5) is 0 Å². The highest BCUT2D eigenvalue weighted by atomic mass is 16.5. The molecule has 118 valence electrons. The molecule has 22 heavy (non-hydrogen) atoms. The van der Waals surface area contributed by atoms with Crippen LogP contribution in [0.2, 0.25) is 0 Å². The molecule has 2 aromatic carbocycles. The fraction of sp³-hybridized carbons (Fsp3) is 0.368. The van der Waals surface area contributed by atoms with E-state index in [4.69, 9.17) is 4.74 Å². The highest BCUT2D eigenvalue weighted by molar-refractivity contribution is 5.29. The third-order valence-corrected chi connectivity index (χ3v) is 4.02.